The number of aromatic nitrogens is 1. The van der Waals surface area contributed by atoms with Crippen LogP contribution in [0.25, 0.3) is 0 Å². The van der Waals surface area contributed by atoms with Crippen LogP contribution in [0.1, 0.15) is 28.0 Å². The molecule has 0 aromatic carbocycles. The van der Waals surface area contributed by atoms with Crippen LogP contribution in [0.3, 0.4) is 0 Å². The van der Waals surface area contributed by atoms with Crippen molar-refractivity contribution >= 4 is 5.97 Å². The lowest BCUT2D eigenvalue weighted by molar-refractivity contribution is 0.0676. The first-order valence-electron chi connectivity index (χ1n) is 4.30. The number of rotatable bonds is 4. The van der Waals surface area contributed by atoms with E-state index in [1.165, 1.54) is 7.11 Å². The molecule has 0 amide bonds. The molecule has 0 atom stereocenters. The van der Waals surface area contributed by atoms with Gasteiger partial charge in [0.1, 0.15) is 5.75 Å². The van der Waals surface area contributed by atoms with Crippen LogP contribution >= 0.6 is 0 Å². The van der Waals surface area contributed by atoms with Gasteiger partial charge in [0.25, 0.3) is 6.43 Å². The number of carboxylic acid groups (broad SMARTS) is 1. The predicted octanol–water partition coefficient (Wildman–Crippen LogP) is 1.18. The summed E-state index contributed by atoms with van der Waals surface area (Å²) in [7, 11) is 1.27. The number of alkyl halides is 2. The van der Waals surface area contributed by atoms with Gasteiger partial charge >= 0.3 is 5.97 Å². The van der Waals surface area contributed by atoms with E-state index in [9.17, 15) is 13.6 Å². The number of carboxylic acids is 1. The first-order chi connectivity index (χ1) is 7.52. The molecule has 7 heteroatoms. The van der Waals surface area contributed by atoms with Gasteiger partial charge in [0, 0.05) is 12.1 Å². The largest absolute Gasteiger partial charge is 0.495 e. The van der Waals surface area contributed by atoms with Crippen LogP contribution in [-0.2, 0) is 6.54 Å². The topological polar surface area (TPSA) is 85.4 Å². The minimum atomic E-state index is -2.97. The number of methoxy groups -OCH3 is 1. The molecule has 0 fully saturated rings. The van der Waals surface area contributed by atoms with Crippen LogP contribution in [-0.4, -0.2) is 23.2 Å². The average Bonchev–Trinajstić information content (AvgIpc) is 2.26. The van der Waals surface area contributed by atoms with Crippen molar-refractivity contribution in [3.63, 3.8) is 0 Å². The number of aromatic carboxylic acids is 1. The van der Waals surface area contributed by atoms with Crippen LogP contribution in [0.4, 0.5) is 8.78 Å². The fourth-order valence-electron chi connectivity index (χ4n) is 1.34. The molecule has 0 bridgehead atoms. The Morgan fingerprint density at radius 3 is 2.69 bits per heavy atom. The summed E-state index contributed by atoms with van der Waals surface area (Å²) in [6.07, 6.45) is -1.90. The van der Waals surface area contributed by atoms with Gasteiger partial charge < -0.3 is 15.6 Å². The molecule has 1 aromatic rings. The zero-order chi connectivity index (χ0) is 12.3. The molecule has 0 saturated heterocycles. The molecule has 16 heavy (non-hydrogen) atoms. The molecule has 0 aliphatic carbocycles. The van der Waals surface area contributed by atoms with E-state index in [1.54, 1.807) is 0 Å². The van der Waals surface area contributed by atoms with Crippen molar-refractivity contribution in [2.45, 2.75) is 13.0 Å². The summed E-state index contributed by atoms with van der Waals surface area (Å²) in [5.74, 6) is -1.46. The number of nitrogens with zero attached hydrogens (tertiary/aromatic N) is 1. The highest BCUT2D eigenvalue weighted by Gasteiger charge is 2.25. The Balaban J connectivity index is 3.50. The Bertz CT molecular complexity index is 410. The average molecular weight is 232 g/mol. The number of hydrogen-bond donors (Lipinski definition) is 2. The molecule has 1 heterocycles. The second kappa shape index (κ2) is 4.84. The van der Waals surface area contributed by atoms with Gasteiger partial charge in [0.05, 0.1) is 18.9 Å². The van der Waals surface area contributed by atoms with Gasteiger partial charge in [0.15, 0.2) is 5.69 Å². The SMILES string of the molecule is COc1cnc(C(=O)O)c(C(F)F)c1CN. The lowest BCUT2D eigenvalue weighted by Crippen LogP contribution is -2.13. The number of pyridine rings is 1. The van der Waals surface area contributed by atoms with Gasteiger partial charge in [0.2, 0.25) is 0 Å². The Hall–Kier alpha value is -1.76. The van der Waals surface area contributed by atoms with E-state index in [4.69, 9.17) is 15.6 Å². The molecule has 0 aliphatic heterocycles. The highest BCUT2D eigenvalue weighted by Crippen LogP contribution is 2.31. The molecule has 0 radical (unpaired) electrons. The van der Waals surface area contributed by atoms with Crippen molar-refractivity contribution in [1.82, 2.24) is 4.98 Å². The number of hydrogen-bond acceptors (Lipinski definition) is 4. The molecule has 5 nitrogen and oxygen atoms in total. The lowest BCUT2D eigenvalue weighted by Gasteiger charge is -2.13. The maximum Gasteiger partial charge on any atom is 0.355 e. The minimum Gasteiger partial charge on any atom is -0.495 e. The Labute approximate surface area is 89.9 Å². The van der Waals surface area contributed by atoms with Crippen molar-refractivity contribution in [1.29, 1.82) is 0 Å². The molecular formula is C9H10F2N2O3. The predicted molar refractivity (Wildman–Crippen MR) is 50.6 cm³/mol. The summed E-state index contributed by atoms with van der Waals surface area (Å²) < 4.78 is 30.3. The maximum absolute atomic E-state index is 12.7. The second-order valence-electron chi connectivity index (χ2n) is 2.88. The molecule has 0 spiro atoms. The van der Waals surface area contributed by atoms with E-state index in [-0.39, 0.29) is 17.9 Å². The van der Waals surface area contributed by atoms with Crippen molar-refractivity contribution < 1.29 is 23.4 Å². The normalized spacial score (nSPS) is 10.6. The number of carbonyl (C=O) groups is 1. The van der Waals surface area contributed by atoms with Crippen molar-refractivity contribution in [3.05, 3.63) is 23.0 Å². The van der Waals surface area contributed by atoms with Crippen molar-refractivity contribution in [2.75, 3.05) is 7.11 Å². The van der Waals surface area contributed by atoms with Gasteiger partial charge in [-0.15, -0.1) is 0 Å². The zero-order valence-electron chi connectivity index (χ0n) is 8.41. The fourth-order valence-corrected chi connectivity index (χ4v) is 1.34. The molecular weight excluding hydrogens is 222 g/mol. The Morgan fingerprint density at radius 1 is 1.69 bits per heavy atom. The van der Waals surface area contributed by atoms with Gasteiger partial charge in [-0.2, -0.15) is 0 Å². The molecule has 88 valence electrons. The third kappa shape index (κ3) is 2.08. The van der Waals surface area contributed by atoms with Crippen LogP contribution in [0.2, 0.25) is 0 Å². The quantitative estimate of drug-likeness (QED) is 0.814. The zero-order valence-corrected chi connectivity index (χ0v) is 8.41. The second-order valence-corrected chi connectivity index (χ2v) is 2.88. The highest BCUT2D eigenvalue weighted by atomic mass is 19.3. The van der Waals surface area contributed by atoms with E-state index in [1.807, 2.05) is 0 Å². The smallest absolute Gasteiger partial charge is 0.355 e. The van der Waals surface area contributed by atoms with Gasteiger partial charge in [-0.25, -0.2) is 18.6 Å². The summed E-state index contributed by atoms with van der Waals surface area (Å²) in [5.41, 5.74) is 3.88. The van der Waals surface area contributed by atoms with Crippen LogP contribution < -0.4 is 10.5 Å². The standard InChI is InChI=1S/C9H10F2N2O3/c1-16-5-3-13-7(9(14)15)6(8(10)11)4(5)2-12/h3,8H,2,12H2,1H3,(H,14,15). The summed E-state index contributed by atoms with van der Waals surface area (Å²) in [5, 5.41) is 8.72. The first-order valence-corrected chi connectivity index (χ1v) is 4.30. The number of halogens is 2. The summed E-state index contributed by atoms with van der Waals surface area (Å²) >= 11 is 0. The molecule has 1 aromatic heterocycles. The molecule has 1 rings (SSSR count). The molecule has 0 aliphatic rings. The van der Waals surface area contributed by atoms with E-state index in [0.29, 0.717) is 0 Å². The summed E-state index contributed by atoms with van der Waals surface area (Å²) in [4.78, 5) is 14.1. The van der Waals surface area contributed by atoms with E-state index >= 15 is 0 Å². The summed E-state index contributed by atoms with van der Waals surface area (Å²) in [6, 6.07) is 0. The molecule has 0 saturated carbocycles. The third-order valence-corrected chi connectivity index (χ3v) is 2.03. The van der Waals surface area contributed by atoms with Gasteiger partial charge in [-0.05, 0) is 0 Å². The lowest BCUT2D eigenvalue weighted by atomic mass is 10.1. The minimum absolute atomic E-state index is 0.0371. The van der Waals surface area contributed by atoms with Gasteiger partial charge in [-0.1, -0.05) is 0 Å². The maximum atomic E-state index is 12.7. The molecule has 3 N–H and O–H groups in total. The molecule has 0 unspecified atom stereocenters. The number of ether oxygens (including phenoxy) is 1. The van der Waals surface area contributed by atoms with Gasteiger partial charge in [-0.3, -0.25) is 0 Å². The van der Waals surface area contributed by atoms with Crippen LogP contribution in [0, 0.1) is 0 Å². The van der Waals surface area contributed by atoms with E-state index in [2.05, 4.69) is 4.98 Å². The van der Waals surface area contributed by atoms with Crippen molar-refractivity contribution in [3.8, 4) is 5.75 Å². The highest BCUT2D eigenvalue weighted by molar-refractivity contribution is 5.88. The van der Waals surface area contributed by atoms with E-state index < -0.39 is 23.7 Å². The Morgan fingerprint density at radius 2 is 2.31 bits per heavy atom. The van der Waals surface area contributed by atoms with Crippen molar-refractivity contribution in [2.24, 2.45) is 5.73 Å². The monoisotopic (exact) mass is 232 g/mol. The number of nitrogens with two attached hydrogens (primary N) is 1. The first kappa shape index (κ1) is 12.3. The van der Waals surface area contributed by atoms with Crippen LogP contribution in [0.5, 0.6) is 5.75 Å². The third-order valence-electron chi connectivity index (χ3n) is 2.03. The fraction of sp³-hybridized carbons (Fsp3) is 0.333. The van der Waals surface area contributed by atoms with E-state index in [0.717, 1.165) is 6.20 Å². The Kier molecular flexibility index (Phi) is 3.73. The van der Waals surface area contributed by atoms with Crippen LogP contribution in [0.15, 0.2) is 6.20 Å². The summed E-state index contributed by atoms with van der Waals surface area (Å²) in [6.45, 7) is -0.244.